The number of amides is 1. The average Bonchev–Trinajstić information content (AvgIpc) is 2.87. The Balaban J connectivity index is 0.00000161. The van der Waals surface area contributed by atoms with Crippen LogP contribution >= 0.6 is 0 Å². The third-order valence-corrected chi connectivity index (χ3v) is 6.72. The molecule has 0 saturated carbocycles. The number of carboxylic acids is 1. The predicted molar refractivity (Wildman–Crippen MR) is 61.4 cm³/mol. The Morgan fingerprint density at radius 2 is 2.05 bits per heavy atom. The van der Waals surface area contributed by atoms with E-state index in [0.717, 1.165) is 9.70 Å². The number of hydrogen-bond acceptors (Lipinski definition) is 7. The van der Waals surface area contributed by atoms with E-state index in [-0.39, 0.29) is 42.5 Å². The van der Waals surface area contributed by atoms with Crippen LogP contribution in [0.5, 0.6) is 0 Å². The Bertz CT molecular complexity index is 690. The average molecular weight is 322 g/mol. The van der Waals surface area contributed by atoms with E-state index in [1.54, 1.807) is 0 Å². The van der Waals surface area contributed by atoms with Crippen molar-refractivity contribution in [2.45, 2.75) is 36.1 Å². The molecule has 1 aromatic rings. The maximum absolute atomic E-state index is 12.5. The van der Waals surface area contributed by atoms with Gasteiger partial charge in [-0.2, -0.15) is 15.0 Å². The molecule has 0 N–H and O–H groups in total. The fourth-order valence-corrected chi connectivity index (χ4v) is 5.21. The quantitative estimate of drug-likeness (QED) is 0.401. The van der Waals surface area contributed by atoms with E-state index in [4.69, 9.17) is 0 Å². The first-order chi connectivity index (χ1) is 9.29. The zero-order valence-electron chi connectivity index (χ0n) is 11.5. The monoisotopic (exact) mass is 322 g/mol. The summed E-state index contributed by atoms with van der Waals surface area (Å²) in [7, 11) is -3.85. The van der Waals surface area contributed by atoms with Crippen LogP contribution in [0.2, 0.25) is 0 Å². The van der Waals surface area contributed by atoms with Crippen molar-refractivity contribution in [3.63, 3.8) is 0 Å². The van der Waals surface area contributed by atoms with Gasteiger partial charge in [0.25, 0.3) is 0 Å². The van der Waals surface area contributed by atoms with E-state index in [0.29, 0.717) is 0 Å². The minimum absolute atomic E-state index is 0. The number of carbonyl (C=O) groups excluding carboxylic acids is 2. The molecule has 2 saturated heterocycles. The van der Waals surface area contributed by atoms with Crippen LogP contribution in [0.3, 0.4) is 0 Å². The van der Waals surface area contributed by atoms with Crippen molar-refractivity contribution in [1.82, 2.24) is 19.9 Å². The molecule has 0 aromatic carbocycles. The number of rotatable bonds is 3. The van der Waals surface area contributed by atoms with Gasteiger partial charge in [0, 0.05) is 0 Å². The van der Waals surface area contributed by atoms with Gasteiger partial charge in [-0.25, -0.2) is 8.42 Å². The molecule has 0 aliphatic carbocycles. The van der Waals surface area contributed by atoms with Crippen LogP contribution in [-0.4, -0.2) is 56.4 Å². The van der Waals surface area contributed by atoms with Crippen LogP contribution in [-0.2, 0) is 26.0 Å². The van der Waals surface area contributed by atoms with Gasteiger partial charge in [-0.05, 0) is 6.92 Å². The van der Waals surface area contributed by atoms with E-state index in [1.807, 2.05) is 0 Å². The molecule has 2 aliphatic heterocycles. The second-order valence-corrected chi connectivity index (χ2v) is 7.67. The maximum atomic E-state index is 12.5. The topological polar surface area (TPSA) is 125 Å². The SMILES string of the molecule is C[C@]1(Cn2nccn2)[C@H](C(=O)[O-])N2C(=O)C[C@@H]2S1(=O)=O.[Na+]. The number of hydrogen-bond donors (Lipinski definition) is 0. The third kappa shape index (κ3) is 2.04. The second-order valence-electron chi connectivity index (χ2n) is 5.10. The molecule has 1 amide bonds. The summed E-state index contributed by atoms with van der Waals surface area (Å²) in [6, 6.07) is -1.52. The molecular formula is C10H11N4NaO5S. The van der Waals surface area contributed by atoms with Gasteiger partial charge in [-0.15, -0.1) is 0 Å². The van der Waals surface area contributed by atoms with Gasteiger partial charge in [0.1, 0.15) is 10.1 Å². The van der Waals surface area contributed by atoms with Crippen LogP contribution in [0.1, 0.15) is 13.3 Å². The standard InChI is InChI=1S/C10H12N4O5S.Na/c1-10(5-13-11-2-3-12-13)8(9(16)17)14-6(15)4-7(14)20(10,18)19;/h2-3,7-8H,4-5H2,1H3,(H,16,17);/q;+1/p-1/t7-,8-,10-;/m0./s1. The molecule has 3 heterocycles. The van der Waals surface area contributed by atoms with Crippen LogP contribution in [0.25, 0.3) is 0 Å². The van der Waals surface area contributed by atoms with E-state index in [9.17, 15) is 23.1 Å². The maximum Gasteiger partial charge on any atom is 1.00 e. The number of carboxylic acid groups (broad SMARTS) is 1. The van der Waals surface area contributed by atoms with Crippen molar-refractivity contribution >= 4 is 21.7 Å². The van der Waals surface area contributed by atoms with Crippen molar-refractivity contribution in [1.29, 1.82) is 0 Å². The van der Waals surface area contributed by atoms with Crippen molar-refractivity contribution in [2.24, 2.45) is 0 Å². The molecule has 0 bridgehead atoms. The van der Waals surface area contributed by atoms with Gasteiger partial charge in [0.15, 0.2) is 9.84 Å². The number of aliphatic carboxylic acids is 1. The predicted octanol–water partition coefficient (Wildman–Crippen LogP) is -5.85. The number of β-lactam (4-membered cyclic amide) rings is 1. The first-order valence-electron chi connectivity index (χ1n) is 5.88. The van der Waals surface area contributed by atoms with Crippen LogP contribution in [0.4, 0.5) is 0 Å². The van der Waals surface area contributed by atoms with Crippen molar-refractivity contribution < 1.29 is 52.7 Å². The zero-order valence-corrected chi connectivity index (χ0v) is 14.3. The molecule has 3 rings (SSSR count). The normalized spacial score (nSPS) is 33.0. The molecule has 1 aromatic heterocycles. The molecular weight excluding hydrogens is 311 g/mol. The largest absolute Gasteiger partial charge is 1.00 e. The minimum atomic E-state index is -3.85. The van der Waals surface area contributed by atoms with E-state index >= 15 is 0 Å². The summed E-state index contributed by atoms with van der Waals surface area (Å²) < 4.78 is 23.3. The third-order valence-electron chi connectivity index (χ3n) is 3.96. The number of carbonyl (C=O) groups is 2. The number of nitrogens with zero attached hydrogens (tertiary/aromatic N) is 4. The van der Waals surface area contributed by atoms with Gasteiger partial charge in [0.2, 0.25) is 5.91 Å². The fourth-order valence-electron chi connectivity index (χ4n) is 2.88. The van der Waals surface area contributed by atoms with Crippen LogP contribution in [0.15, 0.2) is 12.4 Å². The number of aromatic nitrogens is 3. The number of fused-ring (bicyclic) bond motifs is 1. The first kappa shape index (κ1) is 16.4. The fraction of sp³-hybridized carbons (Fsp3) is 0.600. The smallest absolute Gasteiger partial charge is 0.548 e. The number of sulfone groups is 1. The van der Waals surface area contributed by atoms with Gasteiger partial charge in [0.05, 0.1) is 37.4 Å². The van der Waals surface area contributed by atoms with Crippen molar-refractivity contribution in [3.05, 3.63) is 12.4 Å². The minimum Gasteiger partial charge on any atom is -0.548 e. The summed E-state index contributed by atoms with van der Waals surface area (Å²) in [5.74, 6) is -2.08. The summed E-state index contributed by atoms with van der Waals surface area (Å²) >= 11 is 0. The Hall–Kier alpha value is -0.970. The molecule has 108 valence electrons. The van der Waals surface area contributed by atoms with E-state index < -0.39 is 37.9 Å². The Morgan fingerprint density at radius 3 is 2.52 bits per heavy atom. The molecule has 0 radical (unpaired) electrons. The molecule has 0 spiro atoms. The summed E-state index contributed by atoms with van der Waals surface area (Å²) in [5, 5.41) is 17.9. The zero-order chi connectivity index (χ0) is 14.7. The van der Waals surface area contributed by atoms with Crippen molar-refractivity contribution in [2.75, 3.05) is 0 Å². The van der Waals surface area contributed by atoms with Crippen molar-refractivity contribution in [3.8, 4) is 0 Å². The molecule has 2 aliphatic rings. The molecule has 21 heavy (non-hydrogen) atoms. The molecule has 3 atom stereocenters. The summed E-state index contributed by atoms with van der Waals surface area (Å²) in [6.45, 7) is 1.04. The summed E-state index contributed by atoms with van der Waals surface area (Å²) in [5.41, 5.74) is 0. The van der Waals surface area contributed by atoms with Gasteiger partial charge < -0.3 is 14.8 Å². The van der Waals surface area contributed by atoms with Gasteiger partial charge in [-0.3, -0.25) is 4.79 Å². The molecule has 0 unspecified atom stereocenters. The van der Waals surface area contributed by atoms with Crippen LogP contribution < -0.4 is 34.7 Å². The van der Waals surface area contributed by atoms with E-state index in [2.05, 4.69) is 10.2 Å². The second kappa shape index (κ2) is 5.04. The van der Waals surface area contributed by atoms with Gasteiger partial charge >= 0.3 is 29.6 Å². The van der Waals surface area contributed by atoms with Gasteiger partial charge in [-0.1, -0.05) is 0 Å². The summed E-state index contributed by atoms with van der Waals surface area (Å²) in [6.07, 6.45) is 2.53. The Morgan fingerprint density at radius 1 is 1.48 bits per heavy atom. The van der Waals surface area contributed by atoms with Crippen LogP contribution in [0, 0.1) is 0 Å². The Kier molecular flexibility index (Phi) is 3.94. The molecule has 2 fully saturated rings. The Labute approximate surface area is 142 Å². The first-order valence-corrected chi connectivity index (χ1v) is 7.43. The summed E-state index contributed by atoms with van der Waals surface area (Å²) in [4.78, 5) is 24.9. The molecule has 9 nitrogen and oxygen atoms in total. The molecule has 11 heteroatoms. The van der Waals surface area contributed by atoms with E-state index in [1.165, 1.54) is 19.3 Å².